The van der Waals surface area contributed by atoms with Crippen molar-refractivity contribution in [2.75, 3.05) is 13.1 Å². The van der Waals surface area contributed by atoms with Gasteiger partial charge in [-0.2, -0.15) is 0 Å². The van der Waals surface area contributed by atoms with Crippen LogP contribution in [0, 0.1) is 0 Å². The molecule has 2 N–H and O–H groups in total. The van der Waals surface area contributed by atoms with Crippen molar-refractivity contribution in [3.63, 3.8) is 0 Å². The summed E-state index contributed by atoms with van der Waals surface area (Å²) in [4.78, 5) is 22.9. The lowest BCUT2D eigenvalue weighted by molar-refractivity contribution is -0.126. The number of rotatable bonds is 6. The Kier molecular flexibility index (Phi) is 6.40. The SMILES string of the molecule is CCNC(=O)CNC(=O)CCc1ccc(C(C)(C)C)cc1. The number of likely N-dealkylation sites (N-methyl/N-ethyl adjacent to an activating group) is 1. The van der Waals surface area contributed by atoms with E-state index in [1.54, 1.807) is 0 Å². The van der Waals surface area contributed by atoms with E-state index in [1.807, 2.05) is 6.92 Å². The van der Waals surface area contributed by atoms with Crippen molar-refractivity contribution < 1.29 is 9.59 Å². The molecule has 116 valence electrons. The molecule has 21 heavy (non-hydrogen) atoms. The fourth-order valence-electron chi connectivity index (χ4n) is 1.96. The van der Waals surface area contributed by atoms with Gasteiger partial charge in [0, 0.05) is 13.0 Å². The lowest BCUT2D eigenvalue weighted by Gasteiger charge is -2.19. The number of nitrogens with one attached hydrogen (secondary N) is 2. The zero-order valence-electron chi connectivity index (χ0n) is 13.5. The number of carbonyl (C=O) groups excluding carboxylic acids is 2. The van der Waals surface area contributed by atoms with E-state index in [-0.39, 0.29) is 23.8 Å². The van der Waals surface area contributed by atoms with Gasteiger partial charge in [0.15, 0.2) is 0 Å². The minimum absolute atomic E-state index is 0.0512. The largest absolute Gasteiger partial charge is 0.355 e. The zero-order chi connectivity index (χ0) is 15.9. The average molecular weight is 290 g/mol. The quantitative estimate of drug-likeness (QED) is 0.843. The van der Waals surface area contributed by atoms with Crippen molar-refractivity contribution >= 4 is 11.8 Å². The van der Waals surface area contributed by atoms with Crippen LogP contribution in [-0.4, -0.2) is 24.9 Å². The van der Waals surface area contributed by atoms with Crippen molar-refractivity contribution in [1.29, 1.82) is 0 Å². The highest BCUT2D eigenvalue weighted by molar-refractivity contribution is 5.84. The van der Waals surface area contributed by atoms with Crippen LogP contribution in [0.15, 0.2) is 24.3 Å². The molecule has 1 rings (SSSR count). The van der Waals surface area contributed by atoms with Crippen molar-refractivity contribution in [2.45, 2.75) is 46.0 Å². The van der Waals surface area contributed by atoms with E-state index in [0.717, 1.165) is 5.56 Å². The summed E-state index contributed by atoms with van der Waals surface area (Å²) in [7, 11) is 0. The molecule has 0 aliphatic carbocycles. The third-order valence-electron chi connectivity index (χ3n) is 3.28. The van der Waals surface area contributed by atoms with Gasteiger partial charge in [-0.25, -0.2) is 0 Å². The van der Waals surface area contributed by atoms with Crippen LogP contribution in [0.5, 0.6) is 0 Å². The van der Waals surface area contributed by atoms with Crippen LogP contribution in [0.4, 0.5) is 0 Å². The molecule has 0 atom stereocenters. The molecule has 0 spiro atoms. The molecular weight excluding hydrogens is 264 g/mol. The molecule has 1 aromatic rings. The average Bonchev–Trinajstić information content (AvgIpc) is 2.43. The van der Waals surface area contributed by atoms with Gasteiger partial charge in [-0.3, -0.25) is 9.59 Å². The number of carbonyl (C=O) groups is 2. The fraction of sp³-hybridized carbons (Fsp3) is 0.529. The van der Waals surface area contributed by atoms with Gasteiger partial charge >= 0.3 is 0 Å². The molecule has 0 aliphatic rings. The monoisotopic (exact) mass is 290 g/mol. The maximum Gasteiger partial charge on any atom is 0.239 e. The molecule has 1 aromatic carbocycles. The molecule has 0 aliphatic heterocycles. The summed E-state index contributed by atoms with van der Waals surface area (Å²) in [6, 6.07) is 8.36. The van der Waals surface area contributed by atoms with Gasteiger partial charge in [-0.15, -0.1) is 0 Å². The Hall–Kier alpha value is -1.84. The van der Waals surface area contributed by atoms with Crippen LogP contribution in [0.3, 0.4) is 0 Å². The standard InChI is InChI=1S/C17H26N2O2/c1-5-18-16(21)12-19-15(20)11-8-13-6-9-14(10-7-13)17(2,3)4/h6-7,9-10H,5,8,11-12H2,1-4H3,(H,18,21)(H,19,20). The van der Waals surface area contributed by atoms with E-state index in [1.165, 1.54) is 5.56 Å². The second kappa shape index (κ2) is 7.81. The van der Waals surface area contributed by atoms with E-state index in [0.29, 0.717) is 19.4 Å². The summed E-state index contributed by atoms with van der Waals surface area (Å²) in [6.45, 7) is 9.01. The van der Waals surface area contributed by atoms with Crippen molar-refractivity contribution in [3.8, 4) is 0 Å². The molecule has 0 saturated carbocycles. The number of benzene rings is 1. The molecule has 0 saturated heterocycles. The van der Waals surface area contributed by atoms with E-state index in [9.17, 15) is 9.59 Å². The Bertz CT molecular complexity index is 473. The van der Waals surface area contributed by atoms with E-state index >= 15 is 0 Å². The normalized spacial score (nSPS) is 11.0. The molecule has 4 nitrogen and oxygen atoms in total. The Morgan fingerprint density at radius 1 is 1.00 bits per heavy atom. The van der Waals surface area contributed by atoms with Crippen molar-refractivity contribution in [1.82, 2.24) is 10.6 Å². The first kappa shape index (κ1) is 17.2. The van der Waals surface area contributed by atoms with E-state index < -0.39 is 0 Å². The predicted molar refractivity (Wildman–Crippen MR) is 85.2 cm³/mol. The summed E-state index contributed by atoms with van der Waals surface area (Å²) < 4.78 is 0. The molecule has 0 fully saturated rings. The molecule has 2 amide bonds. The minimum atomic E-state index is -0.152. The summed E-state index contributed by atoms with van der Waals surface area (Å²) in [5.41, 5.74) is 2.56. The molecule has 4 heteroatoms. The van der Waals surface area contributed by atoms with Crippen molar-refractivity contribution in [2.24, 2.45) is 0 Å². The summed E-state index contributed by atoms with van der Waals surface area (Å²) >= 11 is 0. The number of amides is 2. The molecule has 0 radical (unpaired) electrons. The maximum atomic E-state index is 11.7. The summed E-state index contributed by atoms with van der Waals surface area (Å²) in [5, 5.41) is 5.26. The van der Waals surface area contributed by atoms with Crippen LogP contribution in [-0.2, 0) is 21.4 Å². The Labute approximate surface area is 127 Å². The van der Waals surface area contributed by atoms with Gasteiger partial charge < -0.3 is 10.6 Å². The van der Waals surface area contributed by atoms with Crippen LogP contribution in [0.25, 0.3) is 0 Å². The third-order valence-corrected chi connectivity index (χ3v) is 3.28. The van der Waals surface area contributed by atoms with Gasteiger partial charge in [0.2, 0.25) is 11.8 Å². The zero-order valence-corrected chi connectivity index (χ0v) is 13.5. The Morgan fingerprint density at radius 3 is 2.14 bits per heavy atom. The first-order valence-electron chi connectivity index (χ1n) is 7.45. The summed E-state index contributed by atoms with van der Waals surface area (Å²) in [6.07, 6.45) is 1.08. The van der Waals surface area contributed by atoms with Gasteiger partial charge in [0.25, 0.3) is 0 Å². The highest BCUT2D eigenvalue weighted by Crippen LogP contribution is 2.22. The number of aryl methyl sites for hydroxylation is 1. The second-order valence-electron chi connectivity index (χ2n) is 6.18. The number of hydrogen-bond donors (Lipinski definition) is 2. The molecule has 0 unspecified atom stereocenters. The van der Waals surface area contributed by atoms with Gasteiger partial charge in [-0.05, 0) is 29.9 Å². The highest BCUT2D eigenvalue weighted by atomic mass is 16.2. The first-order chi connectivity index (χ1) is 9.82. The minimum Gasteiger partial charge on any atom is -0.355 e. The molecule has 0 aromatic heterocycles. The smallest absolute Gasteiger partial charge is 0.239 e. The lowest BCUT2D eigenvalue weighted by Crippen LogP contribution is -2.36. The van der Waals surface area contributed by atoms with E-state index in [2.05, 4.69) is 55.7 Å². The highest BCUT2D eigenvalue weighted by Gasteiger charge is 2.13. The maximum absolute atomic E-state index is 11.7. The Morgan fingerprint density at radius 2 is 1.62 bits per heavy atom. The Balaban J connectivity index is 2.38. The topological polar surface area (TPSA) is 58.2 Å². The third kappa shape index (κ3) is 6.43. The van der Waals surface area contributed by atoms with Crippen LogP contribution >= 0.6 is 0 Å². The van der Waals surface area contributed by atoms with Crippen LogP contribution in [0.1, 0.15) is 45.2 Å². The van der Waals surface area contributed by atoms with Crippen molar-refractivity contribution in [3.05, 3.63) is 35.4 Å². The van der Waals surface area contributed by atoms with Gasteiger partial charge in [0.05, 0.1) is 6.54 Å². The second-order valence-corrected chi connectivity index (χ2v) is 6.18. The predicted octanol–water partition coefficient (Wildman–Crippen LogP) is 2.17. The van der Waals surface area contributed by atoms with Crippen LogP contribution < -0.4 is 10.6 Å². The van der Waals surface area contributed by atoms with Crippen LogP contribution in [0.2, 0.25) is 0 Å². The van der Waals surface area contributed by atoms with Gasteiger partial charge in [0.1, 0.15) is 0 Å². The fourth-order valence-corrected chi connectivity index (χ4v) is 1.96. The first-order valence-corrected chi connectivity index (χ1v) is 7.45. The molecular formula is C17H26N2O2. The lowest BCUT2D eigenvalue weighted by atomic mass is 9.86. The number of hydrogen-bond acceptors (Lipinski definition) is 2. The van der Waals surface area contributed by atoms with E-state index in [4.69, 9.17) is 0 Å². The molecule has 0 heterocycles. The summed E-state index contributed by atoms with van der Waals surface area (Å²) in [5.74, 6) is -0.249. The van der Waals surface area contributed by atoms with Gasteiger partial charge in [-0.1, -0.05) is 45.0 Å². The molecule has 0 bridgehead atoms.